The lowest BCUT2D eigenvalue weighted by Crippen LogP contribution is -2.53. The van der Waals surface area contributed by atoms with Crippen molar-refractivity contribution in [1.82, 2.24) is 0 Å². The molecule has 0 amide bonds. The van der Waals surface area contributed by atoms with E-state index in [0.29, 0.717) is 17.3 Å². The van der Waals surface area contributed by atoms with Crippen LogP contribution in [0, 0.1) is 29.1 Å². The third-order valence-corrected chi connectivity index (χ3v) is 9.00. The lowest BCUT2D eigenvalue weighted by atomic mass is 9.44. The molecule has 0 N–H and O–H groups in total. The molecule has 1 heterocycles. The van der Waals surface area contributed by atoms with E-state index < -0.39 is 0 Å². The summed E-state index contributed by atoms with van der Waals surface area (Å²) in [6.07, 6.45) is 11.7. The van der Waals surface area contributed by atoms with E-state index in [-0.39, 0.29) is 5.54 Å². The predicted molar refractivity (Wildman–Crippen MR) is 119 cm³/mol. The molecular formula is C27H40N+. The third kappa shape index (κ3) is 2.60. The van der Waals surface area contributed by atoms with E-state index in [4.69, 9.17) is 0 Å². The minimum atomic E-state index is 0.212. The van der Waals surface area contributed by atoms with Gasteiger partial charge in [-0.1, -0.05) is 45.9 Å². The molecule has 152 valence electrons. The van der Waals surface area contributed by atoms with Gasteiger partial charge in [-0.3, -0.25) is 0 Å². The fourth-order valence-corrected chi connectivity index (χ4v) is 8.01. The summed E-state index contributed by atoms with van der Waals surface area (Å²) in [5.41, 5.74) is 5.30. The number of hydrogen-bond acceptors (Lipinski definition) is 0. The van der Waals surface area contributed by atoms with Gasteiger partial charge in [0, 0.05) is 31.4 Å². The Balaban J connectivity index is 1.68. The maximum atomic E-state index is 2.80. The van der Waals surface area contributed by atoms with Crippen molar-refractivity contribution in [2.24, 2.45) is 29.1 Å². The summed E-state index contributed by atoms with van der Waals surface area (Å²) in [5.74, 6) is 5.12. The van der Waals surface area contributed by atoms with Crippen LogP contribution in [0.2, 0.25) is 0 Å². The van der Waals surface area contributed by atoms with Crippen LogP contribution in [0.25, 0.3) is 0 Å². The van der Waals surface area contributed by atoms with Crippen molar-refractivity contribution in [2.75, 3.05) is 0 Å². The van der Waals surface area contributed by atoms with Gasteiger partial charge in [0.05, 0.1) is 5.41 Å². The van der Waals surface area contributed by atoms with E-state index in [1.807, 2.05) is 0 Å². The molecule has 0 radical (unpaired) electrons. The second-order valence-corrected chi connectivity index (χ2v) is 12.0. The minimum absolute atomic E-state index is 0.212. The van der Waals surface area contributed by atoms with Crippen molar-refractivity contribution in [3.05, 3.63) is 29.3 Å². The summed E-state index contributed by atoms with van der Waals surface area (Å²) >= 11 is 0. The standard InChI is InChI=1S/C27H40N/c1-17(2)23-8-7-9-24(18(3)4)25(23)28-16-27(15-26(28,5)6)21-11-19-10-20(13-21)14-22(27)12-19/h7-9,16-22H,10-15H2,1-6H3/q+1. The van der Waals surface area contributed by atoms with E-state index in [9.17, 15) is 0 Å². The molecule has 6 rings (SSSR count). The van der Waals surface area contributed by atoms with Gasteiger partial charge in [-0.2, -0.15) is 4.58 Å². The van der Waals surface area contributed by atoms with Crippen molar-refractivity contribution in [3.63, 3.8) is 0 Å². The molecule has 1 heteroatoms. The van der Waals surface area contributed by atoms with Gasteiger partial charge in [0.1, 0.15) is 0 Å². The molecule has 1 nitrogen and oxygen atoms in total. The van der Waals surface area contributed by atoms with Crippen molar-refractivity contribution < 1.29 is 4.58 Å². The molecule has 5 aliphatic rings. The van der Waals surface area contributed by atoms with Gasteiger partial charge in [0.15, 0.2) is 11.8 Å². The first kappa shape index (κ1) is 18.9. The van der Waals surface area contributed by atoms with Crippen LogP contribution in [0.5, 0.6) is 0 Å². The van der Waals surface area contributed by atoms with Gasteiger partial charge in [-0.25, -0.2) is 0 Å². The molecule has 0 aromatic heterocycles. The summed E-state index contributed by atoms with van der Waals surface area (Å²) in [5, 5.41) is 0. The van der Waals surface area contributed by atoms with Crippen LogP contribution in [0.3, 0.4) is 0 Å². The normalized spacial score (nSPS) is 38.1. The van der Waals surface area contributed by atoms with E-state index in [0.717, 1.165) is 23.7 Å². The highest BCUT2D eigenvalue weighted by atomic mass is 15.1. The maximum absolute atomic E-state index is 2.80. The quantitative estimate of drug-likeness (QED) is 0.486. The van der Waals surface area contributed by atoms with E-state index in [2.05, 4.69) is 70.5 Å². The third-order valence-electron chi connectivity index (χ3n) is 9.00. The van der Waals surface area contributed by atoms with Gasteiger partial charge in [0.2, 0.25) is 5.69 Å². The lowest BCUT2D eigenvalue weighted by molar-refractivity contribution is -0.513. The average molecular weight is 379 g/mol. The van der Waals surface area contributed by atoms with Crippen LogP contribution < -0.4 is 0 Å². The van der Waals surface area contributed by atoms with Crippen LogP contribution in [-0.2, 0) is 0 Å². The van der Waals surface area contributed by atoms with Crippen LogP contribution in [-0.4, -0.2) is 16.3 Å². The number of rotatable bonds is 3. The molecule has 4 aliphatic carbocycles. The molecule has 4 fully saturated rings. The highest BCUT2D eigenvalue weighted by Crippen LogP contribution is 2.65. The van der Waals surface area contributed by atoms with E-state index in [1.165, 1.54) is 43.2 Å². The molecule has 0 atom stereocenters. The summed E-state index contributed by atoms with van der Waals surface area (Å²) in [7, 11) is 0. The number of para-hydroxylation sites is 1. The molecule has 4 bridgehead atoms. The van der Waals surface area contributed by atoms with Gasteiger partial charge < -0.3 is 0 Å². The highest BCUT2D eigenvalue weighted by molar-refractivity contribution is 5.69. The van der Waals surface area contributed by atoms with Gasteiger partial charge in [-0.15, -0.1) is 0 Å². The zero-order chi connectivity index (χ0) is 19.8. The summed E-state index contributed by atoms with van der Waals surface area (Å²) in [6.45, 7) is 14.5. The number of nitrogens with zero attached hydrogens (tertiary/aromatic N) is 1. The molecule has 1 aliphatic heterocycles. The fraction of sp³-hybridized carbons (Fsp3) is 0.741. The molecule has 1 aromatic rings. The Hall–Kier alpha value is -1.11. The molecule has 4 saturated carbocycles. The molecular weight excluding hydrogens is 338 g/mol. The lowest BCUT2D eigenvalue weighted by Gasteiger charge is -2.58. The maximum Gasteiger partial charge on any atom is 0.212 e. The van der Waals surface area contributed by atoms with Crippen molar-refractivity contribution in [1.29, 1.82) is 0 Å². The Morgan fingerprint density at radius 1 is 0.821 bits per heavy atom. The summed E-state index contributed by atoms with van der Waals surface area (Å²) in [4.78, 5) is 0. The topological polar surface area (TPSA) is 3.01 Å². The van der Waals surface area contributed by atoms with Crippen LogP contribution >= 0.6 is 0 Å². The first-order valence-electron chi connectivity index (χ1n) is 12.0. The van der Waals surface area contributed by atoms with Crippen molar-refractivity contribution in [2.45, 2.75) is 97.4 Å². The summed E-state index contributed by atoms with van der Waals surface area (Å²) < 4.78 is 2.78. The van der Waals surface area contributed by atoms with Gasteiger partial charge in [0.25, 0.3) is 0 Å². The second kappa shape index (κ2) is 6.19. The van der Waals surface area contributed by atoms with Gasteiger partial charge in [-0.05, 0) is 67.6 Å². The smallest absolute Gasteiger partial charge is 0.197 e. The highest BCUT2D eigenvalue weighted by Gasteiger charge is 2.64. The van der Waals surface area contributed by atoms with Crippen LogP contribution in [0.1, 0.15) is 103 Å². The second-order valence-electron chi connectivity index (χ2n) is 12.0. The Morgan fingerprint density at radius 3 is 1.79 bits per heavy atom. The van der Waals surface area contributed by atoms with Gasteiger partial charge >= 0.3 is 0 Å². The number of benzene rings is 1. The SMILES string of the molecule is CC(C)c1cccc(C(C)C)c1[N+]1=CC2(CC1(C)C)C1CC3CC(C1)CC2C3. The Bertz CT molecular complexity index is 755. The monoisotopic (exact) mass is 378 g/mol. The Labute approximate surface area is 172 Å². The molecule has 1 spiro atoms. The fourth-order valence-electron chi connectivity index (χ4n) is 8.01. The Kier molecular flexibility index (Phi) is 4.18. The molecule has 0 unspecified atom stereocenters. The Morgan fingerprint density at radius 2 is 1.32 bits per heavy atom. The largest absolute Gasteiger partial charge is 0.212 e. The van der Waals surface area contributed by atoms with Crippen molar-refractivity contribution >= 4 is 11.9 Å². The predicted octanol–water partition coefficient (Wildman–Crippen LogP) is 7.27. The minimum Gasteiger partial charge on any atom is -0.197 e. The van der Waals surface area contributed by atoms with E-state index >= 15 is 0 Å². The molecule has 1 aromatic carbocycles. The van der Waals surface area contributed by atoms with E-state index in [1.54, 1.807) is 12.1 Å². The summed E-state index contributed by atoms with van der Waals surface area (Å²) in [6, 6.07) is 7.06. The molecule has 28 heavy (non-hydrogen) atoms. The number of hydrogen-bond donors (Lipinski definition) is 0. The van der Waals surface area contributed by atoms with Crippen LogP contribution in [0.4, 0.5) is 5.69 Å². The average Bonchev–Trinajstić information content (AvgIpc) is 2.90. The van der Waals surface area contributed by atoms with Crippen molar-refractivity contribution in [3.8, 4) is 0 Å². The first-order valence-corrected chi connectivity index (χ1v) is 12.0. The first-order chi connectivity index (χ1) is 13.2. The zero-order valence-electron chi connectivity index (χ0n) is 19.0. The molecule has 0 saturated heterocycles. The van der Waals surface area contributed by atoms with Crippen LogP contribution in [0.15, 0.2) is 18.2 Å². The zero-order valence-corrected chi connectivity index (χ0v) is 19.0.